The summed E-state index contributed by atoms with van der Waals surface area (Å²) in [7, 11) is 0. The number of nitrogen functional groups attached to an aromatic ring is 1. The number of rotatable bonds is 4. The lowest BCUT2D eigenvalue weighted by molar-refractivity contribution is 0.811. The van der Waals surface area contributed by atoms with Crippen LogP contribution in [0.25, 0.3) is 0 Å². The molecule has 1 aromatic heterocycles. The number of pyridine rings is 1. The second kappa shape index (κ2) is 5.74. The maximum atomic E-state index is 6.23. The van der Waals surface area contributed by atoms with E-state index in [2.05, 4.69) is 16.8 Å². The van der Waals surface area contributed by atoms with Gasteiger partial charge in [0.25, 0.3) is 0 Å². The van der Waals surface area contributed by atoms with Crippen LogP contribution in [0.4, 0.5) is 11.4 Å². The van der Waals surface area contributed by atoms with Gasteiger partial charge in [0.1, 0.15) is 0 Å². The van der Waals surface area contributed by atoms with E-state index >= 15 is 0 Å². The Kier molecular flexibility index (Phi) is 4.05. The Morgan fingerprint density at radius 3 is 2.67 bits per heavy atom. The molecule has 0 fully saturated rings. The van der Waals surface area contributed by atoms with Gasteiger partial charge in [0.15, 0.2) is 0 Å². The average molecular weight is 262 g/mol. The van der Waals surface area contributed by atoms with Crippen LogP contribution in [-0.4, -0.2) is 11.5 Å². The minimum atomic E-state index is 0.674. The highest BCUT2D eigenvalue weighted by molar-refractivity contribution is 6.33. The van der Waals surface area contributed by atoms with Gasteiger partial charge >= 0.3 is 0 Å². The number of para-hydroxylation sites is 1. The van der Waals surface area contributed by atoms with Gasteiger partial charge in [-0.25, -0.2) is 0 Å². The molecule has 0 aliphatic rings. The lowest BCUT2D eigenvalue weighted by Crippen LogP contribution is -2.24. The van der Waals surface area contributed by atoms with Crippen LogP contribution in [0.1, 0.15) is 12.6 Å². The monoisotopic (exact) mass is 261 g/mol. The zero-order chi connectivity index (χ0) is 13.0. The summed E-state index contributed by atoms with van der Waals surface area (Å²) in [5, 5.41) is 0.674. The molecule has 3 nitrogen and oxygen atoms in total. The average Bonchev–Trinajstić information content (AvgIpc) is 2.38. The lowest BCUT2D eigenvalue weighted by atomic mass is 10.2. The molecule has 0 radical (unpaired) electrons. The Morgan fingerprint density at radius 2 is 2.06 bits per heavy atom. The molecule has 0 saturated carbocycles. The Labute approximate surface area is 112 Å². The number of nitrogens with two attached hydrogens (primary N) is 1. The lowest BCUT2D eigenvalue weighted by Gasteiger charge is -2.25. The standard InChI is InChI=1S/C14H16ClN3/c1-2-18(10-11-6-3-4-9-17-11)14-12(15)7-5-8-13(14)16/h3-9H,2,10,16H2,1H3. The van der Waals surface area contributed by atoms with Crippen molar-refractivity contribution in [1.29, 1.82) is 0 Å². The fourth-order valence-electron chi connectivity index (χ4n) is 1.90. The molecule has 0 unspecified atom stereocenters. The van der Waals surface area contributed by atoms with Crippen LogP contribution in [0.5, 0.6) is 0 Å². The molecule has 0 spiro atoms. The molecule has 4 heteroatoms. The third kappa shape index (κ3) is 2.74. The minimum Gasteiger partial charge on any atom is -0.397 e. The summed E-state index contributed by atoms with van der Waals surface area (Å²) in [5.41, 5.74) is 8.58. The van der Waals surface area contributed by atoms with E-state index in [0.29, 0.717) is 17.3 Å². The van der Waals surface area contributed by atoms with Gasteiger partial charge in [-0.3, -0.25) is 4.98 Å². The van der Waals surface area contributed by atoms with Gasteiger partial charge in [-0.2, -0.15) is 0 Å². The van der Waals surface area contributed by atoms with Crippen LogP contribution in [-0.2, 0) is 6.54 Å². The van der Waals surface area contributed by atoms with E-state index < -0.39 is 0 Å². The number of benzene rings is 1. The van der Waals surface area contributed by atoms with Crippen LogP contribution in [0, 0.1) is 0 Å². The smallest absolute Gasteiger partial charge is 0.0792 e. The molecule has 18 heavy (non-hydrogen) atoms. The van der Waals surface area contributed by atoms with Crippen LogP contribution < -0.4 is 10.6 Å². The number of hydrogen-bond acceptors (Lipinski definition) is 3. The topological polar surface area (TPSA) is 42.2 Å². The first kappa shape index (κ1) is 12.7. The van der Waals surface area contributed by atoms with Gasteiger partial charge < -0.3 is 10.6 Å². The van der Waals surface area contributed by atoms with E-state index in [4.69, 9.17) is 17.3 Å². The fourth-order valence-corrected chi connectivity index (χ4v) is 2.20. The van der Waals surface area contributed by atoms with Crippen molar-refractivity contribution in [2.75, 3.05) is 17.2 Å². The fraction of sp³-hybridized carbons (Fsp3) is 0.214. The SMILES string of the molecule is CCN(Cc1ccccn1)c1c(N)cccc1Cl. The van der Waals surface area contributed by atoms with Gasteiger partial charge in [0.2, 0.25) is 0 Å². The molecule has 94 valence electrons. The minimum absolute atomic E-state index is 0.674. The normalized spacial score (nSPS) is 10.3. The number of halogens is 1. The molecule has 2 N–H and O–H groups in total. The molecular weight excluding hydrogens is 246 g/mol. The number of hydrogen-bond donors (Lipinski definition) is 1. The van der Waals surface area contributed by atoms with Crippen molar-refractivity contribution in [2.45, 2.75) is 13.5 Å². The van der Waals surface area contributed by atoms with Crippen LogP contribution >= 0.6 is 11.6 Å². The highest BCUT2D eigenvalue weighted by Gasteiger charge is 2.12. The van der Waals surface area contributed by atoms with E-state index in [0.717, 1.165) is 17.9 Å². The number of nitrogens with zero attached hydrogens (tertiary/aromatic N) is 2. The van der Waals surface area contributed by atoms with Crippen molar-refractivity contribution in [3.05, 3.63) is 53.3 Å². The molecule has 2 aromatic rings. The first-order valence-corrected chi connectivity index (χ1v) is 6.29. The summed E-state index contributed by atoms with van der Waals surface area (Å²) in [6.07, 6.45) is 1.79. The van der Waals surface area contributed by atoms with Gasteiger partial charge in [-0.15, -0.1) is 0 Å². The van der Waals surface area contributed by atoms with E-state index in [-0.39, 0.29) is 0 Å². The Morgan fingerprint density at radius 1 is 1.22 bits per heavy atom. The highest BCUT2D eigenvalue weighted by Crippen LogP contribution is 2.32. The van der Waals surface area contributed by atoms with Gasteiger partial charge in [0, 0.05) is 12.7 Å². The largest absolute Gasteiger partial charge is 0.397 e. The third-order valence-electron chi connectivity index (χ3n) is 2.79. The molecule has 0 atom stereocenters. The number of anilines is 2. The van der Waals surface area contributed by atoms with Gasteiger partial charge in [0.05, 0.1) is 28.6 Å². The second-order valence-electron chi connectivity index (χ2n) is 4.01. The molecular formula is C14H16ClN3. The van der Waals surface area contributed by atoms with Gasteiger partial charge in [-0.1, -0.05) is 23.7 Å². The van der Waals surface area contributed by atoms with Crippen LogP contribution in [0.2, 0.25) is 5.02 Å². The van der Waals surface area contributed by atoms with Gasteiger partial charge in [-0.05, 0) is 31.2 Å². The van der Waals surface area contributed by atoms with E-state index in [9.17, 15) is 0 Å². The maximum absolute atomic E-state index is 6.23. The zero-order valence-corrected chi connectivity index (χ0v) is 11.1. The predicted molar refractivity (Wildman–Crippen MR) is 76.8 cm³/mol. The first-order valence-electron chi connectivity index (χ1n) is 5.91. The molecule has 1 heterocycles. The van der Waals surface area contributed by atoms with Crippen LogP contribution in [0.3, 0.4) is 0 Å². The molecule has 0 saturated heterocycles. The van der Waals surface area contributed by atoms with Crippen molar-refractivity contribution in [1.82, 2.24) is 4.98 Å². The third-order valence-corrected chi connectivity index (χ3v) is 3.10. The van der Waals surface area contributed by atoms with Crippen molar-refractivity contribution in [2.24, 2.45) is 0 Å². The first-order chi connectivity index (χ1) is 8.72. The summed E-state index contributed by atoms with van der Waals surface area (Å²) >= 11 is 6.23. The zero-order valence-electron chi connectivity index (χ0n) is 10.3. The summed E-state index contributed by atoms with van der Waals surface area (Å²) in [5.74, 6) is 0. The van der Waals surface area contributed by atoms with Crippen molar-refractivity contribution in [3.63, 3.8) is 0 Å². The summed E-state index contributed by atoms with van der Waals surface area (Å²) in [4.78, 5) is 6.45. The predicted octanol–water partition coefficient (Wildman–Crippen LogP) is 3.34. The van der Waals surface area contributed by atoms with E-state index in [1.807, 2.05) is 36.4 Å². The van der Waals surface area contributed by atoms with Crippen molar-refractivity contribution in [3.8, 4) is 0 Å². The maximum Gasteiger partial charge on any atom is 0.0792 e. The van der Waals surface area contributed by atoms with Crippen LogP contribution in [0.15, 0.2) is 42.6 Å². The summed E-state index contributed by atoms with van der Waals surface area (Å²) in [6.45, 7) is 3.60. The van der Waals surface area contributed by atoms with Crippen molar-refractivity contribution < 1.29 is 0 Å². The molecule has 0 aliphatic heterocycles. The van der Waals surface area contributed by atoms with Crippen molar-refractivity contribution >= 4 is 23.0 Å². The second-order valence-corrected chi connectivity index (χ2v) is 4.42. The quantitative estimate of drug-likeness (QED) is 0.859. The summed E-state index contributed by atoms with van der Waals surface area (Å²) in [6, 6.07) is 11.5. The molecule has 0 amide bonds. The number of aromatic nitrogens is 1. The molecule has 2 rings (SSSR count). The Balaban J connectivity index is 2.29. The van der Waals surface area contributed by atoms with E-state index in [1.54, 1.807) is 6.20 Å². The molecule has 0 bridgehead atoms. The molecule has 1 aromatic carbocycles. The highest BCUT2D eigenvalue weighted by atomic mass is 35.5. The summed E-state index contributed by atoms with van der Waals surface area (Å²) < 4.78 is 0. The Bertz CT molecular complexity index is 493. The van der Waals surface area contributed by atoms with E-state index in [1.165, 1.54) is 0 Å². The Hall–Kier alpha value is -1.74. The molecule has 0 aliphatic carbocycles.